The number of rotatable bonds is 5. The number of aromatic nitrogens is 2. The largest absolute Gasteiger partial charge is 0.495 e. The first-order valence-corrected chi connectivity index (χ1v) is 6.30. The summed E-state index contributed by atoms with van der Waals surface area (Å²) in [5.41, 5.74) is 1.83. The normalized spacial score (nSPS) is 11.7. The van der Waals surface area contributed by atoms with Gasteiger partial charge in [0.1, 0.15) is 5.65 Å². The third-order valence-corrected chi connectivity index (χ3v) is 2.48. The zero-order valence-corrected chi connectivity index (χ0v) is 11.3. The molecule has 2 aromatic heterocycles. The predicted molar refractivity (Wildman–Crippen MR) is 73.9 cm³/mol. The number of hydrogen-bond acceptors (Lipinski definition) is 3. The van der Waals surface area contributed by atoms with Gasteiger partial charge in [-0.3, -0.25) is 0 Å². The fraction of sp³-hybridized carbons (Fsp3) is 0.462. The van der Waals surface area contributed by atoms with Gasteiger partial charge in [-0.25, -0.2) is 4.98 Å². The van der Waals surface area contributed by atoms with Gasteiger partial charge in [0.25, 0.3) is 0 Å². The van der Waals surface area contributed by atoms with Gasteiger partial charge in [-0.15, -0.1) is 0 Å². The molecule has 0 aliphatic heterocycles. The second kappa shape index (κ2) is 5.54. The molecule has 0 spiro atoms. The maximum atomic E-state index is 5.80. The van der Waals surface area contributed by atoms with Crippen LogP contribution in [0.5, 0.6) is 0 Å². The minimum atomic E-state index is -0.364. The third kappa shape index (κ3) is 3.12. The lowest BCUT2D eigenvalue weighted by molar-refractivity contribution is 0.139. The highest BCUT2D eigenvalue weighted by atomic mass is 16.6. The number of nitrogens with one attached hydrogen (secondary N) is 1. The number of pyridine rings is 1. The van der Waals surface area contributed by atoms with Crippen LogP contribution >= 0.6 is 0 Å². The molecule has 0 bridgehead atoms. The summed E-state index contributed by atoms with van der Waals surface area (Å²) < 4.78 is 11.6. The molecular formula is C13H19BN2O2. The van der Waals surface area contributed by atoms with E-state index in [4.69, 9.17) is 9.31 Å². The molecule has 0 fully saturated rings. The molecule has 0 aliphatic carbocycles. The molecule has 0 aliphatic rings. The first-order chi connectivity index (χ1) is 8.56. The Balaban J connectivity index is 2.27. The first-order valence-electron chi connectivity index (χ1n) is 6.30. The quantitative estimate of drug-likeness (QED) is 0.822. The lowest BCUT2D eigenvalue weighted by atomic mass is 9.79. The summed E-state index contributed by atoms with van der Waals surface area (Å²) in [4.78, 5) is 7.44. The van der Waals surface area contributed by atoms with Crippen LogP contribution in [0.25, 0.3) is 11.0 Å². The zero-order chi connectivity index (χ0) is 13.1. The maximum absolute atomic E-state index is 5.80. The van der Waals surface area contributed by atoms with E-state index in [2.05, 4.69) is 9.97 Å². The van der Waals surface area contributed by atoms with E-state index in [1.807, 2.05) is 46.0 Å². The monoisotopic (exact) mass is 246 g/mol. The van der Waals surface area contributed by atoms with E-state index in [0.717, 1.165) is 16.5 Å². The van der Waals surface area contributed by atoms with Crippen molar-refractivity contribution in [1.29, 1.82) is 0 Å². The van der Waals surface area contributed by atoms with E-state index < -0.39 is 0 Å². The minimum absolute atomic E-state index is 0.107. The molecular weight excluding hydrogens is 227 g/mol. The van der Waals surface area contributed by atoms with Gasteiger partial charge in [0.05, 0.1) is 0 Å². The van der Waals surface area contributed by atoms with Crippen LogP contribution in [0.1, 0.15) is 27.7 Å². The van der Waals surface area contributed by atoms with E-state index >= 15 is 0 Å². The van der Waals surface area contributed by atoms with Crippen LogP contribution in [-0.4, -0.2) is 29.3 Å². The molecule has 18 heavy (non-hydrogen) atoms. The SMILES string of the molecule is CC(C)OB(OC(C)C)c1cnc2[nH]ccc2c1. The van der Waals surface area contributed by atoms with Crippen molar-refractivity contribution in [1.82, 2.24) is 9.97 Å². The molecule has 0 saturated carbocycles. The highest BCUT2D eigenvalue weighted by molar-refractivity contribution is 6.61. The van der Waals surface area contributed by atoms with Crippen LogP contribution < -0.4 is 5.46 Å². The second-order valence-electron chi connectivity index (χ2n) is 4.89. The molecule has 4 nitrogen and oxygen atoms in total. The summed E-state index contributed by atoms with van der Waals surface area (Å²) in [6.07, 6.45) is 3.89. The molecule has 0 unspecified atom stereocenters. The molecule has 2 heterocycles. The van der Waals surface area contributed by atoms with Crippen LogP contribution in [-0.2, 0) is 9.31 Å². The van der Waals surface area contributed by atoms with E-state index in [-0.39, 0.29) is 19.3 Å². The number of nitrogens with zero attached hydrogens (tertiary/aromatic N) is 1. The lowest BCUT2D eigenvalue weighted by Crippen LogP contribution is -2.41. The molecule has 2 rings (SSSR count). The molecule has 0 aromatic carbocycles. The second-order valence-corrected chi connectivity index (χ2v) is 4.89. The van der Waals surface area contributed by atoms with E-state index in [1.165, 1.54) is 0 Å². The van der Waals surface area contributed by atoms with Crippen LogP contribution in [0.4, 0.5) is 0 Å². The van der Waals surface area contributed by atoms with Gasteiger partial charge in [-0.05, 0) is 39.8 Å². The summed E-state index contributed by atoms with van der Waals surface area (Å²) in [7, 11) is -0.364. The first kappa shape index (κ1) is 13.1. The predicted octanol–water partition coefficient (Wildman–Crippen LogP) is 2.11. The van der Waals surface area contributed by atoms with E-state index in [9.17, 15) is 0 Å². The van der Waals surface area contributed by atoms with Crippen molar-refractivity contribution in [2.45, 2.75) is 39.9 Å². The standard InChI is InChI=1S/C13H19BN2O2/c1-9(2)17-14(18-10(3)4)12-7-11-5-6-15-13(11)16-8-12/h5-10H,1-4H3,(H,15,16). The molecule has 96 valence electrons. The Labute approximate surface area is 108 Å². The fourth-order valence-electron chi connectivity index (χ4n) is 1.77. The highest BCUT2D eigenvalue weighted by Crippen LogP contribution is 2.08. The van der Waals surface area contributed by atoms with Gasteiger partial charge in [0.2, 0.25) is 0 Å². The number of fused-ring (bicyclic) bond motifs is 1. The topological polar surface area (TPSA) is 47.1 Å². The average molecular weight is 246 g/mol. The van der Waals surface area contributed by atoms with Crippen LogP contribution in [0.15, 0.2) is 24.5 Å². The molecule has 0 radical (unpaired) electrons. The Kier molecular flexibility index (Phi) is 4.04. The zero-order valence-electron chi connectivity index (χ0n) is 11.3. The van der Waals surface area contributed by atoms with Crippen molar-refractivity contribution in [2.24, 2.45) is 0 Å². The van der Waals surface area contributed by atoms with Gasteiger partial charge >= 0.3 is 7.12 Å². The van der Waals surface area contributed by atoms with Crippen molar-refractivity contribution in [3.63, 3.8) is 0 Å². The van der Waals surface area contributed by atoms with Crippen molar-refractivity contribution in [2.75, 3.05) is 0 Å². The van der Waals surface area contributed by atoms with Crippen LogP contribution in [0.3, 0.4) is 0 Å². The minimum Gasteiger partial charge on any atom is -0.405 e. The van der Waals surface area contributed by atoms with Crippen molar-refractivity contribution >= 4 is 23.6 Å². The summed E-state index contributed by atoms with van der Waals surface area (Å²) in [5, 5.41) is 1.07. The van der Waals surface area contributed by atoms with Crippen molar-refractivity contribution < 1.29 is 9.31 Å². The Hall–Kier alpha value is -1.33. The molecule has 0 saturated heterocycles. The Bertz CT molecular complexity index is 500. The Morgan fingerprint density at radius 1 is 1.17 bits per heavy atom. The molecule has 0 amide bonds. The van der Waals surface area contributed by atoms with Gasteiger partial charge in [0.15, 0.2) is 0 Å². The number of hydrogen-bond donors (Lipinski definition) is 1. The van der Waals surface area contributed by atoms with Gasteiger partial charge < -0.3 is 14.3 Å². The maximum Gasteiger partial charge on any atom is 0.495 e. The Morgan fingerprint density at radius 3 is 2.44 bits per heavy atom. The molecule has 5 heteroatoms. The average Bonchev–Trinajstić information content (AvgIpc) is 2.73. The van der Waals surface area contributed by atoms with Crippen LogP contribution in [0, 0.1) is 0 Å². The Morgan fingerprint density at radius 2 is 1.83 bits per heavy atom. The molecule has 0 atom stereocenters. The van der Waals surface area contributed by atoms with E-state index in [1.54, 1.807) is 6.20 Å². The fourth-order valence-corrected chi connectivity index (χ4v) is 1.77. The van der Waals surface area contributed by atoms with Gasteiger partial charge in [-0.1, -0.05) is 0 Å². The highest BCUT2D eigenvalue weighted by Gasteiger charge is 2.24. The number of aromatic amines is 1. The van der Waals surface area contributed by atoms with E-state index in [0.29, 0.717) is 0 Å². The summed E-state index contributed by atoms with van der Waals surface area (Å²) in [5.74, 6) is 0. The number of H-pyrrole nitrogens is 1. The lowest BCUT2D eigenvalue weighted by Gasteiger charge is -2.19. The summed E-state index contributed by atoms with van der Waals surface area (Å²) in [6.45, 7) is 8.00. The molecule has 1 N–H and O–H groups in total. The third-order valence-electron chi connectivity index (χ3n) is 2.48. The van der Waals surface area contributed by atoms with Gasteiger partial charge in [0, 0.05) is 35.5 Å². The molecule has 2 aromatic rings. The van der Waals surface area contributed by atoms with Gasteiger partial charge in [-0.2, -0.15) is 0 Å². The smallest absolute Gasteiger partial charge is 0.405 e. The van der Waals surface area contributed by atoms with Crippen LogP contribution in [0.2, 0.25) is 0 Å². The van der Waals surface area contributed by atoms with Crippen molar-refractivity contribution in [3.8, 4) is 0 Å². The summed E-state index contributed by atoms with van der Waals surface area (Å²) >= 11 is 0. The summed E-state index contributed by atoms with van der Waals surface area (Å²) in [6, 6.07) is 4.04. The van der Waals surface area contributed by atoms with Crippen molar-refractivity contribution in [3.05, 3.63) is 24.5 Å².